The quantitative estimate of drug-likeness (QED) is 0.735. The van der Waals surface area contributed by atoms with E-state index in [0.717, 1.165) is 4.47 Å². The molecule has 0 aliphatic heterocycles. The Morgan fingerprint density at radius 3 is 2.62 bits per heavy atom. The molecular weight excluding hydrogens is 277 g/mol. The zero-order valence-corrected chi connectivity index (χ0v) is 10.4. The Morgan fingerprint density at radius 2 is 2.00 bits per heavy atom. The van der Waals surface area contributed by atoms with Gasteiger partial charge in [0.15, 0.2) is 0 Å². The van der Waals surface area contributed by atoms with Gasteiger partial charge in [-0.15, -0.1) is 0 Å². The number of hydrogen-bond acceptors (Lipinski definition) is 3. The topological polar surface area (TPSA) is 52.5 Å². The molecular formula is C11H15BrFNO2. The lowest BCUT2D eigenvalue weighted by Crippen LogP contribution is -2.37. The Hall–Kier alpha value is -0.490. The highest BCUT2D eigenvalue weighted by molar-refractivity contribution is 9.10. The smallest absolute Gasteiger partial charge is 0.126 e. The number of aliphatic hydroxyl groups excluding tert-OH is 2. The van der Waals surface area contributed by atoms with Crippen molar-refractivity contribution in [3.63, 3.8) is 0 Å². The van der Waals surface area contributed by atoms with Crippen LogP contribution in [0.5, 0.6) is 0 Å². The SMILES string of the molecule is OCC(CO)NCCc1cc(Br)ccc1F. The van der Waals surface area contributed by atoms with E-state index in [-0.39, 0.29) is 25.1 Å². The second-order valence-electron chi connectivity index (χ2n) is 3.50. The molecule has 0 bridgehead atoms. The molecule has 0 amide bonds. The van der Waals surface area contributed by atoms with Gasteiger partial charge in [0.2, 0.25) is 0 Å². The molecule has 16 heavy (non-hydrogen) atoms. The first-order chi connectivity index (χ1) is 7.67. The molecule has 0 fully saturated rings. The number of rotatable bonds is 6. The third-order valence-electron chi connectivity index (χ3n) is 2.28. The summed E-state index contributed by atoms with van der Waals surface area (Å²) in [7, 11) is 0. The van der Waals surface area contributed by atoms with E-state index in [0.29, 0.717) is 18.5 Å². The van der Waals surface area contributed by atoms with E-state index >= 15 is 0 Å². The van der Waals surface area contributed by atoms with Crippen molar-refractivity contribution in [3.8, 4) is 0 Å². The average Bonchev–Trinajstić information content (AvgIpc) is 2.29. The Labute approximate surface area is 102 Å². The molecule has 0 saturated heterocycles. The Kier molecular flexibility index (Phi) is 5.90. The lowest BCUT2D eigenvalue weighted by Gasteiger charge is -2.13. The maximum atomic E-state index is 13.3. The fourth-order valence-corrected chi connectivity index (χ4v) is 1.74. The number of halogens is 2. The number of hydrogen-bond donors (Lipinski definition) is 3. The zero-order chi connectivity index (χ0) is 12.0. The molecule has 5 heteroatoms. The summed E-state index contributed by atoms with van der Waals surface area (Å²) in [4.78, 5) is 0. The van der Waals surface area contributed by atoms with Gasteiger partial charge in [0.05, 0.1) is 19.3 Å². The van der Waals surface area contributed by atoms with Crippen LogP contribution < -0.4 is 5.32 Å². The highest BCUT2D eigenvalue weighted by atomic mass is 79.9. The largest absolute Gasteiger partial charge is 0.395 e. The van der Waals surface area contributed by atoms with Crippen LogP contribution in [-0.4, -0.2) is 36.0 Å². The standard InChI is InChI=1S/C11H15BrFNO2/c12-9-1-2-11(13)8(5-9)3-4-14-10(6-15)7-16/h1-2,5,10,14-16H,3-4,6-7H2. The Bertz CT molecular complexity index is 332. The van der Waals surface area contributed by atoms with Crippen LogP contribution in [-0.2, 0) is 6.42 Å². The van der Waals surface area contributed by atoms with E-state index in [4.69, 9.17) is 10.2 Å². The molecule has 0 aliphatic carbocycles. The Balaban J connectivity index is 2.45. The van der Waals surface area contributed by atoms with Crippen LogP contribution in [0.4, 0.5) is 4.39 Å². The van der Waals surface area contributed by atoms with Crippen LogP contribution >= 0.6 is 15.9 Å². The van der Waals surface area contributed by atoms with Crippen LogP contribution in [0, 0.1) is 5.82 Å². The van der Waals surface area contributed by atoms with Gasteiger partial charge in [0.1, 0.15) is 5.82 Å². The maximum Gasteiger partial charge on any atom is 0.126 e. The predicted molar refractivity (Wildman–Crippen MR) is 63.8 cm³/mol. The average molecular weight is 292 g/mol. The van der Waals surface area contributed by atoms with Gasteiger partial charge in [-0.3, -0.25) is 0 Å². The molecule has 0 saturated carbocycles. The predicted octanol–water partition coefficient (Wildman–Crippen LogP) is 1.07. The van der Waals surface area contributed by atoms with Gasteiger partial charge in [0.25, 0.3) is 0 Å². The summed E-state index contributed by atoms with van der Waals surface area (Å²) >= 11 is 3.28. The van der Waals surface area contributed by atoms with E-state index in [1.54, 1.807) is 12.1 Å². The molecule has 3 nitrogen and oxygen atoms in total. The fourth-order valence-electron chi connectivity index (χ4n) is 1.33. The van der Waals surface area contributed by atoms with Crippen LogP contribution in [0.15, 0.2) is 22.7 Å². The Morgan fingerprint density at radius 1 is 1.31 bits per heavy atom. The molecule has 1 aromatic rings. The first-order valence-corrected chi connectivity index (χ1v) is 5.85. The van der Waals surface area contributed by atoms with E-state index in [9.17, 15) is 4.39 Å². The van der Waals surface area contributed by atoms with Gasteiger partial charge in [-0.05, 0) is 36.7 Å². The van der Waals surface area contributed by atoms with Crippen molar-refractivity contribution in [1.29, 1.82) is 0 Å². The van der Waals surface area contributed by atoms with Crippen molar-refractivity contribution >= 4 is 15.9 Å². The highest BCUT2D eigenvalue weighted by Crippen LogP contribution is 2.15. The molecule has 0 aromatic heterocycles. The minimum absolute atomic E-state index is 0.128. The molecule has 0 aliphatic rings. The third-order valence-corrected chi connectivity index (χ3v) is 2.77. The molecule has 0 radical (unpaired) electrons. The van der Waals surface area contributed by atoms with Gasteiger partial charge in [0, 0.05) is 4.47 Å². The molecule has 0 heterocycles. The summed E-state index contributed by atoms with van der Waals surface area (Å²) in [6, 6.07) is 4.45. The summed E-state index contributed by atoms with van der Waals surface area (Å²) in [5, 5.41) is 20.6. The minimum atomic E-state index is -0.338. The summed E-state index contributed by atoms with van der Waals surface area (Å²) in [6.07, 6.45) is 0.516. The number of nitrogens with one attached hydrogen (secondary N) is 1. The zero-order valence-electron chi connectivity index (χ0n) is 8.79. The number of aliphatic hydroxyl groups is 2. The van der Waals surface area contributed by atoms with Crippen molar-refractivity contribution in [2.75, 3.05) is 19.8 Å². The second kappa shape index (κ2) is 6.96. The molecule has 1 aromatic carbocycles. The monoisotopic (exact) mass is 291 g/mol. The van der Waals surface area contributed by atoms with Crippen LogP contribution in [0.3, 0.4) is 0 Å². The highest BCUT2D eigenvalue weighted by Gasteiger charge is 2.06. The molecule has 0 unspecified atom stereocenters. The van der Waals surface area contributed by atoms with E-state index in [1.165, 1.54) is 6.07 Å². The first-order valence-electron chi connectivity index (χ1n) is 5.06. The van der Waals surface area contributed by atoms with E-state index in [2.05, 4.69) is 21.2 Å². The van der Waals surface area contributed by atoms with Crippen molar-refractivity contribution < 1.29 is 14.6 Å². The van der Waals surface area contributed by atoms with E-state index < -0.39 is 0 Å². The van der Waals surface area contributed by atoms with Crippen molar-refractivity contribution in [2.24, 2.45) is 0 Å². The maximum absolute atomic E-state index is 13.3. The van der Waals surface area contributed by atoms with Gasteiger partial charge in [-0.2, -0.15) is 0 Å². The lowest BCUT2D eigenvalue weighted by molar-refractivity contribution is 0.171. The normalized spacial score (nSPS) is 11.1. The first kappa shape index (κ1) is 13.6. The van der Waals surface area contributed by atoms with Gasteiger partial charge in [-0.25, -0.2) is 4.39 Å². The molecule has 90 valence electrons. The molecule has 0 spiro atoms. The van der Waals surface area contributed by atoms with Crippen molar-refractivity contribution in [2.45, 2.75) is 12.5 Å². The van der Waals surface area contributed by atoms with Crippen LogP contribution in [0.25, 0.3) is 0 Å². The third kappa shape index (κ3) is 4.17. The van der Waals surface area contributed by atoms with E-state index in [1.807, 2.05) is 0 Å². The van der Waals surface area contributed by atoms with Crippen molar-refractivity contribution in [3.05, 3.63) is 34.1 Å². The molecule has 3 N–H and O–H groups in total. The van der Waals surface area contributed by atoms with Gasteiger partial charge in [-0.1, -0.05) is 15.9 Å². The molecule has 1 rings (SSSR count). The summed E-state index contributed by atoms with van der Waals surface area (Å²) < 4.78 is 14.1. The van der Waals surface area contributed by atoms with Crippen molar-refractivity contribution in [1.82, 2.24) is 5.32 Å². The van der Waals surface area contributed by atoms with Crippen LogP contribution in [0.1, 0.15) is 5.56 Å². The fraction of sp³-hybridized carbons (Fsp3) is 0.455. The number of benzene rings is 1. The van der Waals surface area contributed by atoms with Gasteiger partial charge >= 0.3 is 0 Å². The summed E-state index contributed by atoms with van der Waals surface area (Å²) in [5.41, 5.74) is 0.608. The van der Waals surface area contributed by atoms with Crippen LogP contribution in [0.2, 0.25) is 0 Å². The van der Waals surface area contributed by atoms with Gasteiger partial charge < -0.3 is 15.5 Å². The summed E-state index contributed by atoms with van der Waals surface area (Å²) in [5.74, 6) is -0.241. The molecule has 0 atom stereocenters. The lowest BCUT2D eigenvalue weighted by atomic mass is 10.1. The minimum Gasteiger partial charge on any atom is -0.395 e. The second-order valence-corrected chi connectivity index (χ2v) is 4.42. The summed E-state index contributed by atoms with van der Waals surface area (Å²) in [6.45, 7) is 0.258.